The van der Waals surface area contributed by atoms with Crippen molar-refractivity contribution < 1.29 is 33.1 Å². The number of anilines is 2. The maximum absolute atomic E-state index is 14.6. The first-order valence-corrected chi connectivity index (χ1v) is 20.2. The largest absolute Gasteiger partial charge is 0.493 e. The van der Waals surface area contributed by atoms with Crippen molar-refractivity contribution in [2.45, 2.75) is 104 Å². The summed E-state index contributed by atoms with van der Waals surface area (Å²) >= 11 is 0. The highest BCUT2D eigenvalue weighted by Crippen LogP contribution is 2.66. The third-order valence-electron chi connectivity index (χ3n) is 12.9. The summed E-state index contributed by atoms with van der Waals surface area (Å²) in [5.41, 5.74) is 8.23. The minimum absolute atomic E-state index is 0.00225. The maximum Gasteiger partial charge on any atom is 0.481 e. The lowest BCUT2D eigenvalue weighted by Crippen LogP contribution is -2.65. The van der Waals surface area contributed by atoms with Crippen LogP contribution in [0.25, 0.3) is 11.1 Å². The highest BCUT2D eigenvalue weighted by molar-refractivity contribution is 6.48. The number of rotatable bonds is 16. The van der Waals surface area contributed by atoms with E-state index < -0.39 is 24.8 Å². The van der Waals surface area contributed by atoms with Gasteiger partial charge in [0.25, 0.3) is 0 Å². The number of hydrazine groups is 1. The van der Waals surface area contributed by atoms with Gasteiger partial charge in [-0.1, -0.05) is 84.0 Å². The van der Waals surface area contributed by atoms with Crippen molar-refractivity contribution in [2.24, 2.45) is 29.1 Å². The van der Waals surface area contributed by atoms with Crippen LogP contribution in [-0.2, 0) is 25.3 Å². The fraction of sp³-hybridized carbons (Fsp3) is 0.545. The molecule has 4 fully saturated rings. The molecule has 0 spiro atoms. The first-order valence-electron chi connectivity index (χ1n) is 20.2. The second-order valence-corrected chi connectivity index (χ2v) is 17.6. The lowest BCUT2D eigenvalue weighted by Gasteiger charge is -2.64. The van der Waals surface area contributed by atoms with E-state index in [-0.39, 0.29) is 47.5 Å². The van der Waals surface area contributed by atoms with Crippen molar-refractivity contribution >= 4 is 30.3 Å². The molecule has 7 atom stereocenters. The normalized spacial score (nSPS) is 24.4. The molecule has 3 N–H and O–H groups in total. The number of hydrogen-bond donors (Lipinski definition) is 3. The molecule has 3 aromatic carbocycles. The van der Waals surface area contributed by atoms with Crippen LogP contribution in [0.4, 0.5) is 11.4 Å². The van der Waals surface area contributed by atoms with E-state index >= 15 is 0 Å². The summed E-state index contributed by atoms with van der Waals surface area (Å²) in [6, 6.07) is 18.4. The number of hydrogen-bond acceptors (Lipinski definition) is 9. The lowest BCUT2D eigenvalue weighted by molar-refractivity contribution is -0.199. The highest BCUT2D eigenvalue weighted by atomic mass is 16.7. The van der Waals surface area contributed by atoms with Gasteiger partial charge in [0, 0.05) is 5.56 Å². The molecule has 8 rings (SSSR count). The van der Waals surface area contributed by atoms with Crippen LogP contribution in [0.2, 0.25) is 0 Å². The van der Waals surface area contributed by atoms with Gasteiger partial charge in [-0.15, -0.1) is 0 Å². The van der Waals surface area contributed by atoms with Crippen molar-refractivity contribution in [2.75, 3.05) is 26.3 Å². The lowest BCUT2D eigenvalue weighted by atomic mass is 9.43. The van der Waals surface area contributed by atoms with Gasteiger partial charge in [-0.25, -0.2) is 5.43 Å². The van der Waals surface area contributed by atoms with Crippen LogP contribution in [0.3, 0.4) is 0 Å². The van der Waals surface area contributed by atoms with E-state index in [1.807, 2.05) is 61.3 Å². The molecule has 3 saturated carbocycles. The first kappa shape index (κ1) is 40.0. The molecule has 11 nitrogen and oxygen atoms in total. The third-order valence-corrected chi connectivity index (χ3v) is 12.9. The van der Waals surface area contributed by atoms with Gasteiger partial charge in [-0.05, 0) is 91.0 Å². The average Bonchev–Trinajstić information content (AvgIpc) is 3.75. The number of nitrogens with zero attached hydrogens (tertiary/aromatic N) is 1. The van der Waals surface area contributed by atoms with E-state index in [4.69, 9.17) is 23.5 Å². The number of carbonyl (C=O) groups excluding carboxylic acids is 2. The number of carbonyl (C=O) groups is 2. The van der Waals surface area contributed by atoms with Gasteiger partial charge in [0.05, 0.1) is 50.4 Å². The molecule has 2 amide bonds. The number of para-hydroxylation sites is 1. The molecule has 12 heteroatoms. The Balaban J connectivity index is 1.12. The Morgan fingerprint density at radius 3 is 2.20 bits per heavy atom. The minimum Gasteiger partial charge on any atom is -0.493 e. The number of fused-ring (bicyclic) bond motifs is 1. The van der Waals surface area contributed by atoms with Crippen LogP contribution in [0.15, 0.2) is 60.7 Å². The standard InChI is InChI=1S/C44H59BN4O7/c1-25(2)19-37(45-55-36-24-29-23-35(43(29,5)6)44(36,7)56-45)46-42(51)38(26(3)4)47-41(50)31(20-27-21-33(52-8)40(54-10)34(22-27)53-9)48-49-32-18-14-17-30(39(32)49)28-15-12-11-13-16-28/h11-18,21-22,25-26,29,31,35-38,48H,19-20,23-24H2,1-10H3,(H,46,51)(H,47,50)/t29-,31-,35-,36+,37-,38-,44-,49?/m0/s1. The summed E-state index contributed by atoms with van der Waals surface area (Å²) in [5, 5.41) is 8.39. The Morgan fingerprint density at radius 1 is 0.893 bits per heavy atom. The average molecular weight is 767 g/mol. The second-order valence-electron chi connectivity index (χ2n) is 17.6. The van der Waals surface area contributed by atoms with Crippen LogP contribution >= 0.6 is 0 Å². The van der Waals surface area contributed by atoms with E-state index in [0.29, 0.717) is 35.5 Å². The van der Waals surface area contributed by atoms with Crippen LogP contribution in [-0.4, -0.2) is 70.0 Å². The third kappa shape index (κ3) is 7.36. The molecule has 56 heavy (non-hydrogen) atoms. The van der Waals surface area contributed by atoms with Crippen LogP contribution in [0.5, 0.6) is 17.2 Å². The van der Waals surface area contributed by atoms with E-state index in [2.05, 4.69) is 68.9 Å². The van der Waals surface area contributed by atoms with Gasteiger partial charge < -0.3 is 34.2 Å². The predicted octanol–water partition coefficient (Wildman–Crippen LogP) is 6.89. The summed E-state index contributed by atoms with van der Waals surface area (Å²) < 4.78 is 30.4. The number of ether oxygens (including phenoxy) is 3. The Labute approximate surface area is 332 Å². The van der Waals surface area contributed by atoms with Crippen molar-refractivity contribution in [1.29, 1.82) is 0 Å². The van der Waals surface area contributed by atoms with E-state index in [9.17, 15) is 9.59 Å². The van der Waals surface area contributed by atoms with Gasteiger partial charge in [0.15, 0.2) is 11.5 Å². The maximum atomic E-state index is 14.6. The highest BCUT2D eigenvalue weighted by Gasteiger charge is 2.68. The molecule has 2 bridgehead atoms. The number of nitrogens with one attached hydrogen (secondary N) is 3. The van der Waals surface area contributed by atoms with Crippen molar-refractivity contribution in [3.05, 3.63) is 66.2 Å². The van der Waals surface area contributed by atoms with Crippen molar-refractivity contribution in [3.63, 3.8) is 0 Å². The molecule has 0 unspecified atom stereocenters. The van der Waals surface area contributed by atoms with Gasteiger partial charge in [0.2, 0.25) is 17.6 Å². The van der Waals surface area contributed by atoms with E-state index in [0.717, 1.165) is 40.9 Å². The number of methoxy groups -OCH3 is 3. The summed E-state index contributed by atoms with van der Waals surface area (Å²) in [6.07, 6.45) is 3.07. The van der Waals surface area contributed by atoms with Crippen molar-refractivity contribution in [1.82, 2.24) is 16.1 Å². The number of amides is 2. The summed E-state index contributed by atoms with van der Waals surface area (Å²) in [6.45, 7) is 15.1. The van der Waals surface area contributed by atoms with Gasteiger partial charge in [-0.2, -0.15) is 0 Å². The molecular formula is C44H59BN4O7. The number of benzene rings is 3. The summed E-state index contributed by atoms with van der Waals surface area (Å²) in [4.78, 5) is 28.9. The zero-order valence-electron chi connectivity index (χ0n) is 34.6. The monoisotopic (exact) mass is 766 g/mol. The van der Waals surface area contributed by atoms with Gasteiger partial charge >= 0.3 is 7.12 Å². The molecule has 0 aromatic heterocycles. The Morgan fingerprint density at radius 2 is 1.59 bits per heavy atom. The van der Waals surface area contributed by atoms with Crippen LogP contribution in [0, 0.1) is 29.1 Å². The Bertz CT molecular complexity index is 1900. The fourth-order valence-corrected chi connectivity index (χ4v) is 9.61. The zero-order chi connectivity index (χ0) is 40.1. The quantitative estimate of drug-likeness (QED) is 0.106. The topological polar surface area (TPSA) is 119 Å². The SMILES string of the molecule is COc1cc(C[C@H](NN2c3cccc(-c4ccccc4)c32)C(=O)N[C@H](C(=O)N[C@@H](CC(C)C)B2O[C@@H]3C[C@@H]4C[C@@H](C4(C)C)[C@]3(C)O2)C(C)C)cc(OC)c1OC. The molecule has 5 aliphatic rings. The van der Waals surface area contributed by atoms with E-state index in [1.54, 1.807) is 21.3 Å². The molecule has 3 aliphatic carbocycles. The summed E-state index contributed by atoms with van der Waals surface area (Å²) in [5.74, 6) is 1.60. The molecule has 0 radical (unpaired) electrons. The molecule has 2 aliphatic heterocycles. The molecular weight excluding hydrogens is 707 g/mol. The van der Waals surface area contributed by atoms with Gasteiger partial charge in [-0.3, -0.25) is 14.6 Å². The fourth-order valence-electron chi connectivity index (χ4n) is 9.61. The minimum atomic E-state index is -0.816. The summed E-state index contributed by atoms with van der Waals surface area (Å²) in [7, 11) is 4.13. The zero-order valence-corrected chi connectivity index (χ0v) is 34.6. The Hall–Kier alpha value is -4.26. The van der Waals surface area contributed by atoms with Gasteiger partial charge in [0.1, 0.15) is 12.1 Å². The predicted molar refractivity (Wildman–Crippen MR) is 219 cm³/mol. The van der Waals surface area contributed by atoms with Crippen molar-refractivity contribution in [3.8, 4) is 28.4 Å². The molecule has 1 saturated heterocycles. The smallest absolute Gasteiger partial charge is 0.481 e. The van der Waals surface area contributed by atoms with E-state index in [1.165, 1.54) is 0 Å². The second kappa shape index (κ2) is 15.6. The Kier molecular flexibility index (Phi) is 11.1. The molecule has 300 valence electrons. The van der Waals surface area contributed by atoms with Crippen LogP contribution in [0.1, 0.15) is 73.3 Å². The molecule has 3 aromatic rings. The van der Waals surface area contributed by atoms with Crippen LogP contribution < -0.4 is 35.3 Å². The molecule has 2 heterocycles. The first-order chi connectivity index (χ1) is 26.7.